The molecule has 1 heterocycles. The van der Waals surface area contributed by atoms with Crippen LogP contribution in [0.2, 0.25) is 0 Å². The first-order valence-electron chi connectivity index (χ1n) is 7.92. The molecule has 1 aliphatic rings. The molecule has 0 aliphatic heterocycles. The van der Waals surface area contributed by atoms with E-state index in [2.05, 4.69) is 28.5 Å². The van der Waals surface area contributed by atoms with E-state index in [0.29, 0.717) is 6.04 Å². The van der Waals surface area contributed by atoms with Gasteiger partial charge in [0, 0.05) is 25.0 Å². The van der Waals surface area contributed by atoms with Gasteiger partial charge in [0.2, 0.25) is 0 Å². The number of anilines is 2. The SMILES string of the molecule is Nc1cc(Cn2ccnc2)ccc1NC1CCCCCC1. The fraction of sp³-hybridized carbons (Fsp3) is 0.471. The van der Waals surface area contributed by atoms with Crippen molar-refractivity contribution in [2.75, 3.05) is 11.1 Å². The van der Waals surface area contributed by atoms with Gasteiger partial charge in [-0.2, -0.15) is 0 Å². The van der Waals surface area contributed by atoms with Crippen molar-refractivity contribution in [2.45, 2.75) is 51.1 Å². The zero-order chi connectivity index (χ0) is 14.5. The second kappa shape index (κ2) is 6.66. The molecule has 1 aromatic carbocycles. The first-order chi connectivity index (χ1) is 10.3. The molecule has 3 N–H and O–H groups in total. The number of hydrogen-bond acceptors (Lipinski definition) is 3. The van der Waals surface area contributed by atoms with Crippen molar-refractivity contribution in [3.05, 3.63) is 42.5 Å². The normalized spacial score (nSPS) is 16.6. The van der Waals surface area contributed by atoms with Crippen LogP contribution in [0.5, 0.6) is 0 Å². The summed E-state index contributed by atoms with van der Waals surface area (Å²) in [5, 5.41) is 3.63. The minimum Gasteiger partial charge on any atom is -0.397 e. The van der Waals surface area contributed by atoms with Crippen LogP contribution < -0.4 is 11.1 Å². The predicted molar refractivity (Wildman–Crippen MR) is 87.3 cm³/mol. The van der Waals surface area contributed by atoms with E-state index in [1.165, 1.54) is 44.1 Å². The van der Waals surface area contributed by atoms with Gasteiger partial charge in [-0.25, -0.2) is 4.98 Å². The number of aromatic nitrogens is 2. The molecule has 1 fully saturated rings. The van der Waals surface area contributed by atoms with E-state index in [0.717, 1.165) is 17.9 Å². The Morgan fingerprint density at radius 3 is 2.67 bits per heavy atom. The van der Waals surface area contributed by atoms with Crippen LogP contribution >= 0.6 is 0 Å². The van der Waals surface area contributed by atoms with Gasteiger partial charge in [-0.1, -0.05) is 31.7 Å². The lowest BCUT2D eigenvalue weighted by Crippen LogP contribution is -2.19. The molecule has 1 aliphatic carbocycles. The van der Waals surface area contributed by atoms with E-state index in [1.807, 2.05) is 17.1 Å². The van der Waals surface area contributed by atoms with Gasteiger partial charge in [0.25, 0.3) is 0 Å². The Kier molecular flexibility index (Phi) is 4.43. The summed E-state index contributed by atoms with van der Waals surface area (Å²) < 4.78 is 2.05. The van der Waals surface area contributed by atoms with Crippen LogP contribution in [0.4, 0.5) is 11.4 Å². The second-order valence-corrected chi connectivity index (χ2v) is 5.99. The number of hydrogen-bond donors (Lipinski definition) is 2. The van der Waals surface area contributed by atoms with Gasteiger partial charge in [0.05, 0.1) is 17.7 Å². The van der Waals surface area contributed by atoms with Gasteiger partial charge in [-0.05, 0) is 30.5 Å². The third-order valence-corrected chi connectivity index (χ3v) is 4.26. The minimum atomic E-state index is 0.578. The topological polar surface area (TPSA) is 55.9 Å². The summed E-state index contributed by atoms with van der Waals surface area (Å²) in [5.74, 6) is 0. The number of nitrogens with one attached hydrogen (secondary N) is 1. The minimum absolute atomic E-state index is 0.578. The molecule has 4 nitrogen and oxygen atoms in total. The highest BCUT2D eigenvalue weighted by molar-refractivity contribution is 5.67. The van der Waals surface area contributed by atoms with Crippen molar-refractivity contribution in [3.63, 3.8) is 0 Å². The van der Waals surface area contributed by atoms with Crippen molar-refractivity contribution in [2.24, 2.45) is 0 Å². The van der Waals surface area contributed by atoms with Crippen LogP contribution in [0.25, 0.3) is 0 Å². The van der Waals surface area contributed by atoms with Gasteiger partial charge in [-0.3, -0.25) is 0 Å². The molecule has 112 valence electrons. The summed E-state index contributed by atoms with van der Waals surface area (Å²) in [7, 11) is 0. The Balaban J connectivity index is 1.66. The number of rotatable bonds is 4. The molecule has 4 heteroatoms. The molecular weight excluding hydrogens is 260 g/mol. The van der Waals surface area contributed by atoms with Gasteiger partial charge in [0.1, 0.15) is 0 Å². The Morgan fingerprint density at radius 2 is 2.00 bits per heavy atom. The maximum atomic E-state index is 6.22. The lowest BCUT2D eigenvalue weighted by Gasteiger charge is -2.19. The van der Waals surface area contributed by atoms with Crippen molar-refractivity contribution >= 4 is 11.4 Å². The highest BCUT2D eigenvalue weighted by Crippen LogP contribution is 2.25. The van der Waals surface area contributed by atoms with Crippen LogP contribution in [-0.4, -0.2) is 15.6 Å². The molecule has 0 atom stereocenters. The highest BCUT2D eigenvalue weighted by atomic mass is 15.0. The van der Waals surface area contributed by atoms with E-state index in [4.69, 9.17) is 5.73 Å². The Hall–Kier alpha value is -1.97. The zero-order valence-corrected chi connectivity index (χ0v) is 12.5. The van der Waals surface area contributed by atoms with Crippen LogP contribution in [0.1, 0.15) is 44.1 Å². The Bertz CT molecular complexity index is 554. The fourth-order valence-electron chi connectivity index (χ4n) is 3.08. The lowest BCUT2D eigenvalue weighted by atomic mass is 10.1. The molecule has 0 saturated heterocycles. The van der Waals surface area contributed by atoms with E-state index >= 15 is 0 Å². The quantitative estimate of drug-likeness (QED) is 0.665. The fourth-order valence-corrected chi connectivity index (χ4v) is 3.08. The standard InChI is InChI=1S/C17H24N4/c18-16-11-14(12-21-10-9-19-13-21)7-8-17(16)20-15-5-3-1-2-4-6-15/h7-11,13,15,20H,1-6,12,18H2. The van der Waals surface area contributed by atoms with E-state index in [9.17, 15) is 0 Å². The van der Waals surface area contributed by atoms with E-state index in [-0.39, 0.29) is 0 Å². The summed E-state index contributed by atoms with van der Waals surface area (Å²) in [6.07, 6.45) is 13.5. The summed E-state index contributed by atoms with van der Waals surface area (Å²) in [6.45, 7) is 0.813. The lowest BCUT2D eigenvalue weighted by molar-refractivity contribution is 0.620. The maximum Gasteiger partial charge on any atom is 0.0949 e. The average Bonchev–Trinajstić information content (AvgIpc) is 2.84. The number of nitrogens with zero attached hydrogens (tertiary/aromatic N) is 2. The number of benzene rings is 1. The first-order valence-corrected chi connectivity index (χ1v) is 7.92. The van der Waals surface area contributed by atoms with E-state index in [1.54, 1.807) is 6.20 Å². The van der Waals surface area contributed by atoms with Crippen LogP contribution in [0.15, 0.2) is 36.9 Å². The van der Waals surface area contributed by atoms with Crippen molar-refractivity contribution in [3.8, 4) is 0 Å². The van der Waals surface area contributed by atoms with E-state index < -0.39 is 0 Å². The largest absolute Gasteiger partial charge is 0.397 e. The molecule has 3 rings (SSSR count). The number of imidazole rings is 1. The van der Waals surface area contributed by atoms with Gasteiger partial charge in [-0.15, -0.1) is 0 Å². The molecule has 21 heavy (non-hydrogen) atoms. The van der Waals surface area contributed by atoms with Crippen LogP contribution in [0, 0.1) is 0 Å². The monoisotopic (exact) mass is 284 g/mol. The van der Waals surface area contributed by atoms with Crippen molar-refractivity contribution < 1.29 is 0 Å². The third-order valence-electron chi connectivity index (χ3n) is 4.26. The zero-order valence-electron chi connectivity index (χ0n) is 12.5. The summed E-state index contributed by atoms with van der Waals surface area (Å²) in [4.78, 5) is 4.06. The number of nitrogen functional groups attached to an aromatic ring is 1. The van der Waals surface area contributed by atoms with Gasteiger partial charge in [0.15, 0.2) is 0 Å². The molecular formula is C17H24N4. The Labute approximate surface area is 126 Å². The predicted octanol–water partition coefficient (Wildman–Crippen LogP) is 3.65. The molecule has 1 aromatic heterocycles. The first kappa shape index (κ1) is 14.0. The smallest absolute Gasteiger partial charge is 0.0949 e. The summed E-state index contributed by atoms with van der Waals surface area (Å²) in [6, 6.07) is 6.91. The van der Waals surface area contributed by atoms with Gasteiger partial charge < -0.3 is 15.6 Å². The molecule has 0 spiro atoms. The molecule has 1 saturated carbocycles. The third kappa shape index (κ3) is 3.78. The second-order valence-electron chi connectivity index (χ2n) is 5.99. The summed E-state index contributed by atoms with van der Waals surface area (Å²) >= 11 is 0. The molecule has 2 aromatic rings. The Morgan fingerprint density at radius 1 is 1.19 bits per heavy atom. The average molecular weight is 284 g/mol. The maximum absolute atomic E-state index is 6.22. The van der Waals surface area contributed by atoms with Gasteiger partial charge >= 0.3 is 0 Å². The number of nitrogens with two attached hydrogens (primary N) is 1. The van der Waals surface area contributed by atoms with Crippen LogP contribution in [-0.2, 0) is 6.54 Å². The van der Waals surface area contributed by atoms with Crippen molar-refractivity contribution in [1.82, 2.24) is 9.55 Å². The van der Waals surface area contributed by atoms with Crippen LogP contribution in [0.3, 0.4) is 0 Å². The molecule has 0 amide bonds. The molecule has 0 bridgehead atoms. The molecule has 0 unspecified atom stereocenters. The van der Waals surface area contributed by atoms with Crippen molar-refractivity contribution in [1.29, 1.82) is 0 Å². The molecule has 0 radical (unpaired) electrons. The highest BCUT2D eigenvalue weighted by Gasteiger charge is 2.13. The summed E-state index contributed by atoms with van der Waals surface area (Å²) in [5.41, 5.74) is 9.35.